The lowest BCUT2D eigenvalue weighted by atomic mass is 10.2. The van der Waals surface area contributed by atoms with Crippen LogP contribution in [0.5, 0.6) is 0 Å². The molecule has 0 unspecified atom stereocenters. The molecule has 0 spiro atoms. The number of rotatable bonds is 6. The molecule has 4 aromatic rings. The van der Waals surface area contributed by atoms with Gasteiger partial charge in [-0.3, -0.25) is 5.32 Å². The van der Waals surface area contributed by atoms with E-state index in [2.05, 4.69) is 20.8 Å². The molecule has 0 aliphatic rings. The van der Waals surface area contributed by atoms with Crippen LogP contribution in [0.25, 0.3) is 10.6 Å². The Morgan fingerprint density at radius 2 is 1.75 bits per heavy atom. The molecular weight excluding hydrogens is 490 g/mol. The number of anilines is 2. The largest absolute Gasteiger partial charge is 0.325 e. The number of carbonyl (C=O) groups is 1. The van der Waals surface area contributed by atoms with E-state index in [1.807, 2.05) is 30.3 Å². The molecule has 0 bridgehead atoms. The average molecular weight is 505 g/mol. The van der Waals surface area contributed by atoms with Gasteiger partial charge in [0.05, 0.1) is 10.0 Å². The fourth-order valence-corrected chi connectivity index (χ4v) is 4.94. The molecule has 32 heavy (non-hydrogen) atoms. The molecule has 0 aliphatic carbocycles. The Morgan fingerprint density at radius 3 is 2.56 bits per heavy atom. The summed E-state index contributed by atoms with van der Waals surface area (Å²) < 4.78 is 13.9. The van der Waals surface area contributed by atoms with Gasteiger partial charge < -0.3 is 5.32 Å². The van der Waals surface area contributed by atoms with Crippen molar-refractivity contribution in [3.8, 4) is 10.6 Å². The second-order valence-electron chi connectivity index (χ2n) is 6.50. The monoisotopic (exact) mass is 504 g/mol. The van der Waals surface area contributed by atoms with Crippen LogP contribution < -0.4 is 10.6 Å². The van der Waals surface area contributed by atoms with Gasteiger partial charge in [0.25, 0.3) is 0 Å². The molecule has 0 fully saturated rings. The van der Waals surface area contributed by atoms with Crippen LogP contribution in [0, 0.1) is 5.82 Å². The first-order valence-corrected chi connectivity index (χ1v) is 11.9. The van der Waals surface area contributed by atoms with Gasteiger partial charge in [-0.15, -0.1) is 22.0 Å². The summed E-state index contributed by atoms with van der Waals surface area (Å²) in [6.45, 7) is 0. The van der Waals surface area contributed by atoms with Gasteiger partial charge in [0.15, 0.2) is 5.01 Å². The van der Waals surface area contributed by atoms with Gasteiger partial charge in [0.1, 0.15) is 5.82 Å². The van der Waals surface area contributed by atoms with Crippen LogP contribution in [-0.4, -0.2) is 16.2 Å². The zero-order valence-corrected chi connectivity index (χ0v) is 19.5. The number of nitrogens with zero attached hydrogens (tertiary/aromatic N) is 2. The van der Waals surface area contributed by atoms with Crippen molar-refractivity contribution in [3.05, 3.63) is 88.2 Å². The minimum Gasteiger partial charge on any atom is -0.308 e. The van der Waals surface area contributed by atoms with Crippen molar-refractivity contribution in [2.45, 2.75) is 10.6 Å². The predicted molar refractivity (Wildman–Crippen MR) is 130 cm³/mol. The third kappa shape index (κ3) is 5.58. The predicted octanol–water partition coefficient (Wildman–Crippen LogP) is 7.59. The molecule has 1 heterocycles. The third-order valence-corrected chi connectivity index (χ3v) is 7.01. The van der Waals surface area contributed by atoms with E-state index in [0.717, 1.165) is 10.5 Å². The molecule has 3 aromatic carbocycles. The van der Waals surface area contributed by atoms with Crippen molar-refractivity contribution in [1.29, 1.82) is 0 Å². The van der Waals surface area contributed by atoms with E-state index in [0.29, 0.717) is 37.2 Å². The van der Waals surface area contributed by atoms with E-state index in [-0.39, 0.29) is 5.82 Å². The summed E-state index contributed by atoms with van der Waals surface area (Å²) in [6, 6.07) is 18.7. The highest BCUT2D eigenvalue weighted by Crippen LogP contribution is 2.36. The van der Waals surface area contributed by atoms with Crippen molar-refractivity contribution in [2.24, 2.45) is 0 Å². The number of thioether (sulfide) groups is 1. The maximum absolute atomic E-state index is 13.9. The molecule has 0 saturated carbocycles. The molecule has 5 nitrogen and oxygen atoms in total. The Hall–Kier alpha value is -2.65. The van der Waals surface area contributed by atoms with Gasteiger partial charge in [-0.25, -0.2) is 9.18 Å². The summed E-state index contributed by atoms with van der Waals surface area (Å²) in [6.07, 6.45) is 0. The maximum atomic E-state index is 13.9. The van der Waals surface area contributed by atoms with Gasteiger partial charge in [-0.1, -0.05) is 70.9 Å². The zero-order chi connectivity index (χ0) is 22.5. The molecule has 162 valence electrons. The number of aromatic nitrogens is 2. The number of hydrogen-bond donors (Lipinski definition) is 2. The van der Waals surface area contributed by atoms with Crippen molar-refractivity contribution < 1.29 is 9.18 Å². The fraction of sp³-hybridized carbons (Fsp3) is 0.0455. The Balaban J connectivity index is 1.44. The van der Waals surface area contributed by atoms with Crippen molar-refractivity contribution >= 4 is 63.2 Å². The molecule has 0 radical (unpaired) electrons. The number of amides is 2. The SMILES string of the molecule is O=C(Nc1ccc(Cl)c(Cl)c1)Nc1nnc(-c2ccccc2SCc2ccccc2F)s1. The molecule has 1 aromatic heterocycles. The lowest BCUT2D eigenvalue weighted by molar-refractivity contribution is 0.262. The van der Waals surface area contributed by atoms with Crippen LogP contribution >= 0.6 is 46.3 Å². The average Bonchev–Trinajstić information content (AvgIpc) is 3.24. The Morgan fingerprint density at radius 1 is 0.969 bits per heavy atom. The first-order chi connectivity index (χ1) is 15.5. The molecule has 0 saturated heterocycles. The lowest BCUT2D eigenvalue weighted by Gasteiger charge is -2.07. The van der Waals surface area contributed by atoms with Gasteiger partial charge >= 0.3 is 6.03 Å². The Kier molecular flexibility index (Phi) is 7.26. The van der Waals surface area contributed by atoms with Gasteiger partial charge in [0, 0.05) is 21.9 Å². The molecule has 10 heteroatoms. The van der Waals surface area contributed by atoms with Crippen LogP contribution in [-0.2, 0) is 5.75 Å². The summed E-state index contributed by atoms with van der Waals surface area (Å²) in [5.41, 5.74) is 1.99. The topological polar surface area (TPSA) is 66.9 Å². The van der Waals surface area contributed by atoms with Crippen LogP contribution in [0.1, 0.15) is 5.56 Å². The summed E-state index contributed by atoms with van der Waals surface area (Å²) in [4.78, 5) is 13.2. The minimum absolute atomic E-state index is 0.229. The number of halogens is 3. The van der Waals surface area contributed by atoms with Gasteiger partial charge in [-0.05, 0) is 35.9 Å². The Labute approximate surface area is 202 Å². The number of nitrogens with one attached hydrogen (secondary N) is 2. The summed E-state index contributed by atoms with van der Waals surface area (Å²) in [5, 5.41) is 15.3. The minimum atomic E-state index is -0.478. The van der Waals surface area contributed by atoms with Crippen LogP contribution in [0.3, 0.4) is 0 Å². The molecule has 2 N–H and O–H groups in total. The van der Waals surface area contributed by atoms with E-state index in [4.69, 9.17) is 23.2 Å². The molecular formula is C22H15Cl2FN4OS2. The first kappa shape index (κ1) is 22.5. The van der Waals surface area contributed by atoms with E-state index in [9.17, 15) is 9.18 Å². The standard InChI is InChI=1S/C22H15Cl2FN4OS2/c23-16-10-9-14(11-17(16)24)26-21(30)27-22-29-28-20(32-22)15-6-2-4-8-19(15)31-12-13-5-1-3-7-18(13)25/h1-11H,12H2,(H2,26,27,29,30). The number of benzene rings is 3. The smallest absolute Gasteiger partial charge is 0.308 e. The van der Waals surface area contributed by atoms with Crippen molar-refractivity contribution in [2.75, 3.05) is 10.6 Å². The van der Waals surface area contributed by atoms with E-state index < -0.39 is 6.03 Å². The summed E-state index contributed by atoms with van der Waals surface area (Å²) in [5.74, 6) is 0.257. The first-order valence-electron chi connectivity index (χ1n) is 9.32. The second kappa shape index (κ2) is 10.3. The molecule has 2 amide bonds. The zero-order valence-electron chi connectivity index (χ0n) is 16.3. The van der Waals surface area contributed by atoms with Crippen molar-refractivity contribution in [1.82, 2.24) is 10.2 Å². The van der Waals surface area contributed by atoms with E-state index >= 15 is 0 Å². The summed E-state index contributed by atoms with van der Waals surface area (Å²) >= 11 is 14.6. The van der Waals surface area contributed by atoms with Crippen LogP contribution in [0.4, 0.5) is 20.0 Å². The van der Waals surface area contributed by atoms with Crippen molar-refractivity contribution in [3.63, 3.8) is 0 Å². The van der Waals surface area contributed by atoms with Crippen LogP contribution in [0.15, 0.2) is 71.6 Å². The highest BCUT2D eigenvalue weighted by Gasteiger charge is 2.14. The Bertz CT molecular complexity index is 1270. The molecule has 4 rings (SSSR count). The quantitative estimate of drug-likeness (QED) is 0.265. The number of urea groups is 1. The normalized spacial score (nSPS) is 10.7. The summed E-state index contributed by atoms with van der Waals surface area (Å²) in [7, 11) is 0. The fourth-order valence-electron chi connectivity index (χ4n) is 2.76. The highest BCUT2D eigenvalue weighted by atomic mass is 35.5. The number of hydrogen-bond acceptors (Lipinski definition) is 5. The molecule has 0 atom stereocenters. The van der Waals surface area contributed by atoms with E-state index in [1.54, 1.807) is 30.3 Å². The maximum Gasteiger partial charge on any atom is 0.325 e. The third-order valence-electron chi connectivity index (χ3n) is 4.28. The van der Waals surface area contributed by atoms with Gasteiger partial charge in [0.2, 0.25) is 5.13 Å². The highest BCUT2D eigenvalue weighted by molar-refractivity contribution is 7.98. The van der Waals surface area contributed by atoms with Gasteiger partial charge in [-0.2, -0.15) is 0 Å². The van der Waals surface area contributed by atoms with E-state index in [1.165, 1.54) is 29.2 Å². The molecule has 0 aliphatic heterocycles. The number of carbonyl (C=O) groups excluding carboxylic acids is 1. The lowest BCUT2D eigenvalue weighted by Crippen LogP contribution is -2.19. The van der Waals surface area contributed by atoms with Crippen LogP contribution in [0.2, 0.25) is 10.0 Å². The second-order valence-corrected chi connectivity index (χ2v) is 9.31.